The third-order valence-corrected chi connectivity index (χ3v) is 6.45. The fraction of sp³-hybridized carbons (Fsp3) is 0.375. The number of oxime groups is 1. The number of ether oxygens (including phenoxy) is 1. The molecule has 3 heterocycles. The van der Waals surface area contributed by atoms with Crippen molar-refractivity contribution in [2.24, 2.45) is 5.16 Å². The zero-order valence-corrected chi connectivity index (χ0v) is 17.4. The van der Waals surface area contributed by atoms with Gasteiger partial charge in [-0.3, -0.25) is 19.3 Å². The maximum atomic E-state index is 12.6. The minimum atomic E-state index is -1.37. The summed E-state index contributed by atoms with van der Waals surface area (Å²) < 4.78 is 5.03. The SMILES string of the molecule is CON=CC(=O)N[C@@H]1C(=O)N2C(C(=O)O)=C(COC(C)=O)C(c3csc(N)n3)S[C@@H]12. The normalized spacial score (nSPS) is 23.1. The molecule has 1 unspecified atom stereocenters. The minimum absolute atomic E-state index is 0.198. The number of carbonyl (C=O) groups is 4. The van der Waals surface area contributed by atoms with Gasteiger partial charge in [-0.1, -0.05) is 5.16 Å². The molecule has 2 amide bonds. The van der Waals surface area contributed by atoms with E-state index in [2.05, 4.69) is 20.3 Å². The molecule has 3 rings (SSSR count). The molecule has 1 saturated heterocycles. The highest BCUT2D eigenvalue weighted by atomic mass is 32.2. The van der Waals surface area contributed by atoms with Crippen LogP contribution in [0.15, 0.2) is 21.8 Å². The van der Waals surface area contributed by atoms with E-state index in [1.165, 1.54) is 37.1 Å². The van der Waals surface area contributed by atoms with Crippen LogP contribution in [0.4, 0.5) is 5.13 Å². The number of β-lactam (4-membered cyclic amide) rings is 1. The van der Waals surface area contributed by atoms with Gasteiger partial charge in [0.1, 0.15) is 37.0 Å². The van der Waals surface area contributed by atoms with Gasteiger partial charge in [-0.15, -0.1) is 23.1 Å². The first-order chi connectivity index (χ1) is 14.2. The van der Waals surface area contributed by atoms with Crippen LogP contribution < -0.4 is 11.1 Å². The lowest BCUT2D eigenvalue weighted by Gasteiger charge is -2.51. The number of anilines is 1. The van der Waals surface area contributed by atoms with Crippen LogP contribution in [0.5, 0.6) is 0 Å². The van der Waals surface area contributed by atoms with Crippen molar-refractivity contribution in [2.45, 2.75) is 23.6 Å². The lowest BCUT2D eigenvalue weighted by molar-refractivity contribution is -0.150. The lowest BCUT2D eigenvalue weighted by Crippen LogP contribution is -2.70. The Balaban J connectivity index is 1.98. The van der Waals surface area contributed by atoms with E-state index in [1.807, 2.05) is 0 Å². The van der Waals surface area contributed by atoms with Gasteiger partial charge < -0.3 is 25.7 Å². The maximum Gasteiger partial charge on any atom is 0.352 e. The van der Waals surface area contributed by atoms with Crippen LogP contribution in [0.3, 0.4) is 0 Å². The maximum absolute atomic E-state index is 12.6. The number of esters is 1. The van der Waals surface area contributed by atoms with E-state index in [0.29, 0.717) is 5.69 Å². The summed E-state index contributed by atoms with van der Waals surface area (Å²) in [7, 11) is 1.26. The molecule has 4 N–H and O–H groups in total. The van der Waals surface area contributed by atoms with E-state index in [9.17, 15) is 24.3 Å². The summed E-state index contributed by atoms with van der Waals surface area (Å²) in [5.74, 6) is -3.25. The molecule has 0 radical (unpaired) electrons. The molecule has 0 bridgehead atoms. The predicted molar refractivity (Wildman–Crippen MR) is 106 cm³/mol. The predicted octanol–water partition coefficient (Wildman–Crippen LogP) is -0.300. The Morgan fingerprint density at radius 2 is 2.20 bits per heavy atom. The molecule has 0 aromatic carbocycles. The first-order valence-electron chi connectivity index (χ1n) is 8.40. The van der Waals surface area contributed by atoms with Crippen LogP contribution in [-0.4, -0.2) is 70.1 Å². The van der Waals surface area contributed by atoms with E-state index in [1.54, 1.807) is 5.38 Å². The van der Waals surface area contributed by atoms with Crippen LogP contribution in [0.25, 0.3) is 0 Å². The highest BCUT2D eigenvalue weighted by Crippen LogP contribution is 2.51. The fourth-order valence-corrected chi connectivity index (χ4v) is 5.23. The van der Waals surface area contributed by atoms with E-state index in [-0.39, 0.29) is 23.0 Å². The van der Waals surface area contributed by atoms with Gasteiger partial charge in [0.05, 0.1) is 10.9 Å². The number of amides is 2. The van der Waals surface area contributed by atoms with Crippen molar-refractivity contribution in [2.75, 3.05) is 19.5 Å². The number of aliphatic carboxylic acids is 1. The number of fused-ring (bicyclic) bond motifs is 1. The summed E-state index contributed by atoms with van der Waals surface area (Å²) in [6.07, 6.45) is 0.863. The highest BCUT2D eigenvalue weighted by Gasteiger charge is 2.56. The standard InChI is InChI=1S/C16H17N5O7S2/c1-6(22)28-4-7-11(15(25)26)21-13(24)10(20-9(23)3-18-27-2)14(21)30-12(7)8-5-29-16(17)19-8/h3,5,10,12,14H,4H2,1-2H3,(H2,17,19)(H,20,23)(H,25,26)/t10-,12?,14+/m1/s1. The van der Waals surface area contributed by atoms with Crippen molar-refractivity contribution < 1.29 is 33.9 Å². The topological polar surface area (TPSA) is 174 Å². The summed E-state index contributed by atoms with van der Waals surface area (Å²) in [6.45, 7) is 0.859. The Labute approximate surface area is 178 Å². The van der Waals surface area contributed by atoms with E-state index in [0.717, 1.165) is 11.1 Å². The third kappa shape index (κ3) is 4.09. The van der Waals surface area contributed by atoms with Crippen molar-refractivity contribution in [3.8, 4) is 0 Å². The quantitative estimate of drug-likeness (QED) is 0.214. The Morgan fingerprint density at radius 1 is 1.47 bits per heavy atom. The second-order valence-electron chi connectivity index (χ2n) is 6.09. The molecule has 0 saturated carbocycles. The number of nitrogen functional groups attached to an aromatic ring is 1. The molecule has 2 aliphatic heterocycles. The number of nitrogens with one attached hydrogen (secondary N) is 1. The molecule has 0 spiro atoms. The largest absolute Gasteiger partial charge is 0.477 e. The first-order valence-corrected chi connectivity index (χ1v) is 10.2. The number of rotatable bonds is 7. The molecule has 3 atom stereocenters. The van der Waals surface area contributed by atoms with Crippen molar-refractivity contribution in [3.05, 3.63) is 22.3 Å². The molecular weight excluding hydrogens is 438 g/mol. The number of hydrogen-bond acceptors (Lipinski definition) is 11. The number of carbonyl (C=O) groups excluding carboxylic acids is 3. The van der Waals surface area contributed by atoms with Gasteiger partial charge in [0, 0.05) is 17.9 Å². The van der Waals surface area contributed by atoms with Gasteiger partial charge >= 0.3 is 11.9 Å². The highest BCUT2D eigenvalue weighted by molar-refractivity contribution is 8.00. The van der Waals surface area contributed by atoms with Crippen LogP contribution in [0.1, 0.15) is 17.9 Å². The molecule has 14 heteroatoms. The van der Waals surface area contributed by atoms with Crippen molar-refractivity contribution >= 4 is 58.2 Å². The summed E-state index contributed by atoms with van der Waals surface area (Å²) in [5.41, 5.74) is 6.07. The Kier molecular flexibility index (Phi) is 6.26. The molecule has 1 aromatic heterocycles. The lowest BCUT2D eigenvalue weighted by atomic mass is 9.99. The number of carboxylic acid groups (broad SMARTS) is 1. The van der Waals surface area contributed by atoms with Crippen LogP contribution in [0, 0.1) is 0 Å². The van der Waals surface area contributed by atoms with Gasteiger partial charge in [-0.05, 0) is 0 Å². The average molecular weight is 455 g/mol. The molecule has 12 nitrogen and oxygen atoms in total. The second-order valence-corrected chi connectivity index (χ2v) is 8.20. The zero-order valence-electron chi connectivity index (χ0n) is 15.7. The number of hydrogen-bond donors (Lipinski definition) is 3. The van der Waals surface area contributed by atoms with E-state index in [4.69, 9.17) is 10.5 Å². The molecule has 160 valence electrons. The van der Waals surface area contributed by atoms with Gasteiger partial charge in [0.2, 0.25) is 0 Å². The minimum Gasteiger partial charge on any atom is -0.477 e. The van der Waals surface area contributed by atoms with Crippen LogP contribution >= 0.6 is 23.1 Å². The molecule has 1 fully saturated rings. The summed E-state index contributed by atoms with van der Waals surface area (Å²) in [5, 5.41) is 16.2. The van der Waals surface area contributed by atoms with Gasteiger partial charge in [0.25, 0.3) is 11.8 Å². The van der Waals surface area contributed by atoms with Crippen molar-refractivity contribution in [1.29, 1.82) is 0 Å². The number of nitrogens with zero attached hydrogens (tertiary/aromatic N) is 3. The number of nitrogens with two attached hydrogens (primary N) is 1. The monoisotopic (exact) mass is 455 g/mol. The number of aromatic nitrogens is 1. The molecule has 0 aliphatic carbocycles. The zero-order chi connectivity index (χ0) is 22.0. The number of thiazole rings is 1. The van der Waals surface area contributed by atoms with Crippen LogP contribution in [0.2, 0.25) is 0 Å². The Bertz CT molecular complexity index is 960. The smallest absolute Gasteiger partial charge is 0.352 e. The van der Waals surface area contributed by atoms with Crippen molar-refractivity contribution in [1.82, 2.24) is 15.2 Å². The number of thioether (sulfide) groups is 1. The summed E-state index contributed by atoms with van der Waals surface area (Å²) in [4.78, 5) is 57.6. The molecule has 2 aliphatic rings. The summed E-state index contributed by atoms with van der Waals surface area (Å²) >= 11 is 2.37. The third-order valence-electron chi connectivity index (χ3n) is 4.20. The Morgan fingerprint density at radius 3 is 2.77 bits per heavy atom. The Hall–Kier alpha value is -3.13. The number of carboxylic acids is 1. The first kappa shape index (κ1) is 21.6. The second kappa shape index (κ2) is 8.71. The van der Waals surface area contributed by atoms with Gasteiger partial charge in [-0.25, -0.2) is 9.78 Å². The average Bonchev–Trinajstić information content (AvgIpc) is 3.13. The molecule has 1 aromatic rings. The van der Waals surface area contributed by atoms with E-state index < -0.39 is 40.4 Å². The van der Waals surface area contributed by atoms with Crippen LogP contribution in [-0.2, 0) is 28.8 Å². The fourth-order valence-electron chi connectivity index (χ4n) is 3.00. The van der Waals surface area contributed by atoms with Crippen molar-refractivity contribution in [3.63, 3.8) is 0 Å². The molecular formula is C16H17N5O7S2. The van der Waals surface area contributed by atoms with E-state index >= 15 is 0 Å². The molecule has 30 heavy (non-hydrogen) atoms. The summed E-state index contributed by atoms with van der Waals surface area (Å²) in [6, 6.07) is -0.978. The van der Waals surface area contributed by atoms with Gasteiger partial charge in [-0.2, -0.15) is 0 Å². The van der Waals surface area contributed by atoms with Gasteiger partial charge in [0.15, 0.2) is 5.13 Å².